The van der Waals surface area contributed by atoms with Crippen LogP contribution in [0.15, 0.2) is 30.5 Å². The Morgan fingerprint density at radius 2 is 2.29 bits per heavy atom. The summed E-state index contributed by atoms with van der Waals surface area (Å²) in [6.45, 7) is 0.515. The van der Waals surface area contributed by atoms with Gasteiger partial charge < -0.3 is 15.4 Å². The number of aromatic amines is 1. The van der Waals surface area contributed by atoms with Gasteiger partial charge in [0.2, 0.25) is 5.78 Å². The maximum Gasteiger partial charge on any atom is 0.212 e. The molecule has 0 aliphatic heterocycles. The third-order valence-corrected chi connectivity index (χ3v) is 2.88. The molecule has 3 aromatic rings. The zero-order chi connectivity index (χ0) is 11.8. The van der Waals surface area contributed by atoms with E-state index in [0.717, 1.165) is 22.5 Å². The lowest BCUT2D eigenvalue weighted by Crippen LogP contribution is -2.16. The van der Waals surface area contributed by atoms with Crippen LogP contribution in [-0.4, -0.2) is 33.1 Å². The van der Waals surface area contributed by atoms with E-state index < -0.39 is 6.10 Å². The van der Waals surface area contributed by atoms with Gasteiger partial charge in [0.05, 0.1) is 16.7 Å². The highest BCUT2D eigenvalue weighted by molar-refractivity contribution is 5.79. The Hall–Kier alpha value is -1.85. The number of aliphatic hydroxyl groups is 1. The van der Waals surface area contributed by atoms with Crippen LogP contribution in [0.5, 0.6) is 0 Å². The number of rotatable bonds is 3. The van der Waals surface area contributed by atoms with E-state index in [1.807, 2.05) is 41.9 Å². The molecule has 2 aromatic heterocycles. The van der Waals surface area contributed by atoms with Gasteiger partial charge >= 0.3 is 0 Å². The van der Waals surface area contributed by atoms with Gasteiger partial charge in [-0.15, -0.1) is 0 Å². The normalized spacial score (nSPS) is 13.5. The lowest BCUT2D eigenvalue weighted by atomic mass is 10.3. The number of aliphatic hydroxyl groups excluding tert-OH is 1. The SMILES string of the molecule is CNCC(O)c1cn2c(nc3ccccc32)[nH]1. The van der Waals surface area contributed by atoms with Crippen molar-refractivity contribution in [1.29, 1.82) is 0 Å². The van der Waals surface area contributed by atoms with E-state index in [2.05, 4.69) is 15.3 Å². The summed E-state index contributed by atoms with van der Waals surface area (Å²) in [5.74, 6) is 0.761. The van der Waals surface area contributed by atoms with Crippen molar-refractivity contribution in [2.75, 3.05) is 13.6 Å². The number of fused-ring (bicyclic) bond motifs is 3. The number of nitrogens with one attached hydrogen (secondary N) is 2. The van der Waals surface area contributed by atoms with Gasteiger partial charge in [-0.2, -0.15) is 0 Å². The van der Waals surface area contributed by atoms with E-state index in [0.29, 0.717) is 6.54 Å². The standard InChI is InChI=1S/C12H14N4O/c1-13-6-11(17)9-7-16-10-5-3-2-4-8(10)14-12(16)15-9/h2-5,7,11,13,17H,6H2,1H3,(H,14,15). The first-order chi connectivity index (χ1) is 8.29. The van der Waals surface area contributed by atoms with Gasteiger partial charge in [-0.05, 0) is 19.2 Å². The number of likely N-dealkylation sites (N-methyl/N-ethyl adjacent to an activating group) is 1. The summed E-state index contributed by atoms with van der Waals surface area (Å²) in [6, 6.07) is 7.93. The molecular formula is C12H14N4O. The van der Waals surface area contributed by atoms with Gasteiger partial charge in [-0.25, -0.2) is 4.98 Å². The van der Waals surface area contributed by atoms with Crippen LogP contribution >= 0.6 is 0 Å². The Bertz CT molecular complexity index is 655. The van der Waals surface area contributed by atoms with Crippen molar-refractivity contribution in [3.05, 3.63) is 36.2 Å². The maximum atomic E-state index is 9.88. The molecule has 0 aliphatic rings. The van der Waals surface area contributed by atoms with E-state index in [9.17, 15) is 5.11 Å². The molecule has 5 nitrogen and oxygen atoms in total. The summed E-state index contributed by atoms with van der Waals surface area (Å²) in [7, 11) is 1.81. The second-order valence-electron chi connectivity index (χ2n) is 4.08. The minimum Gasteiger partial charge on any atom is -0.385 e. The Kier molecular flexibility index (Phi) is 2.35. The number of H-pyrrole nitrogens is 1. The highest BCUT2D eigenvalue weighted by Crippen LogP contribution is 2.19. The number of para-hydroxylation sites is 2. The fourth-order valence-electron chi connectivity index (χ4n) is 2.04. The van der Waals surface area contributed by atoms with E-state index >= 15 is 0 Å². The van der Waals surface area contributed by atoms with Gasteiger partial charge in [0.1, 0.15) is 6.10 Å². The van der Waals surface area contributed by atoms with Crippen molar-refractivity contribution in [2.24, 2.45) is 0 Å². The van der Waals surface area contributed by atoms with E-state index in [4.69, 9.17) is 0 Å². The molecule has 3 N–H and O–H groups in total. The minimum absolute atomic E-state index is 0.515. The largest absolute Gasteiger partial charge is 0.385 e. The van der Waals surface area contributed by atoms with Gasteiger partial charge in [-0.3, -0.25) is 4.40 Å². The zero-order valence-corrected chi connectivity index (χ0v) is 9.51. The fraction of sp³-hybridized carbons (Fsp3) is 0.250. The molecule has 0 spiro atoms. The Morgan fingerprint density at radius 3 is 3.12 bits per heavy atom. The molecule has 0 aliphatic carbocycles. The summed E-state index contributed by atoms with van der Waals surface area (Å²) in [6.07, 6.45) is 1.35. The van der Waals surface area contributed by atoms with Gasteiger partial charge in [0.15, 0.2) is 0 Å². The van der Waals surface area contributed by atoms with E-state index in [1.165, 1.54) is 0 Å². The Balaban J connectivity index is 2.13. The van der Waals surface area contributed by atoms with Crippen LogP contribution in [0.4, 0.5) is 0 Å². The molecule has 1 unspecified atom stereocenters. The van der Waals surface area contributed by atoms with Crippen LogP contribution in [-0.2, 0) is 0 Å². The number of benzene rings is 1. The van der Waals surface area contributed by atoms with Crippen LogP contribution < -0.4 is 5.32 Å². The second-order valence-corrected chi connectivity index (χ2v) is 4.08. The molecule has 0 fully saturated rings. The van der Waals surface area contributed by atoms with E-state index in [-0.39, 0.29) is 0 Å². The number of imidazole rings is 2. The highest BCUT2D eigenvalue weighted by Gasteiger charge is 2.12. The fourth-order valence-corrected chi connectivity index (χ4v) is 2.04. The number of aromatic nitrogens is 3. The predicted molar refractivity (Wildman–Crippen MR) is 65.9 cm³/mol. The third kappa shape index (κ3) is 1.60. The molecule has 2 heterocycles. The lowest BCUT2D eigenvalue weighted by molar-refractivity contribution is 0.173. The number of nitrogens with zero attached hydrogens (tertiary/aromatic N) is 2. The second kappa shape index (κ2) is 3.87. The summed E-state index contributed by atoms with van der Waals surface area (Å²) in [5, 5.41) is 12.8. The van der Waals surface area contributed by atoms with E-state index in [1.54, 1.807) is 0 Å². The van der Waals surface area contributed by atoms with Crippen molar-refractivity contribution in [3.8, 4) is 0 Å². The average molecular weight is 230 g/mol. The van der Waals surface area contributed by atoms with Crippen molar-refractivity contribution in [3.63, 3.8) is 0 Å². The van der Waals surface area contributed by atoms with Crippen molar-refractivity contribution in [1.82, 2.24) is 19.7 Å². The summed E-state index contributed by atoms with van der Waals surface area (Å²) < 4.78 is 1.96. The molecule has 0 radical (unpaired) electrons. The first kappa shape index (κ1) is 10.3. The molecule has 0 saturated carbocycles. The summed E-state index contributed by atoms with van der Waals surface area (Å²) >= 11 is 0. The van der Waals surface area contributed by atoms with Crippen molar-refractivity contribution < 1.29 is 5.11 Å². The third-order valence-electron chi connectivity index (χ3n) is 2.88. The summed E-state index contributed by atoms with van der Waals surface area (Å²) in [4.78, 5) is 7.59. The zero-order valence-electron chi connectivity index (χ0n) is 9.51. The monoisotopic (exact) mass is 230 g/mol. The molecule has 3 rings (SSSR count). The van der Waals surface area contributed by atoms with Crippen molar-refractivity contribution >= 4 is 16.8 Å². The number of hydrogen-bond donors (Lipinski definition) is 3. The minimum atomic E-state index is -0.541. The Labute approximate surface area is 98.1 Å². The quantitative estimate of drug-likeness (QED) is 0.630. The van der Waals surface area contributed by atoms with Crippen LogP contribution in [0, 0.1) is 0 Å². The first-order valence-corrected chi connectivity index (χ1v) is 5.58. The van der Waals surface area contributed by atoms with Crippen LogP contribution in [0.2, 0.25) is 0 Å². The van der Waals surface area contributed by atoms with Crippen molar-refractivity contribution in [2.45, 2.75) is 6.10 Å². The van der Waals surface area contributed by atoms with Gasteiger partial charge in [0.25, 0.3) is 0 Å². The average Bonchev–Trinajstić information content (AvgIpc) is 2.86. The molecule has 1 atom stereocenters. The van der Waals surface area contributed by atoms with Crippen LogP contribution in [0.3, 0.4) is 0 Å². The first-order valence-electron chi connectivity index (χ1n) is 5.58. The number of hydrogen-bond acceptors (Lipinski definition) is 3. The topological polar surface area (TPSA) is 65.3 Å². The Morgan fingerprint density at radius 1 is 1.47 bits per heavy atom. The molecule has 0 amide bonds. The molecule has 0 saturated heterocycles. The molecule has 1 aromatic carbocycles. The smallest absolute Gasteiger partial charge is 0.212 e. The van der Waals surface area contributed by atoms with Crippen LogP contribution in [0.25, 0.3) is 16.8 Å². The highest BCUT2D eigenvalue weighted by atomic mass is 16.3. The lowest BCUT2D eigenvalue weighted by Gasteiger charge is -2.05. The van der Waals surface area contributed by atoms with Gasteiger partial charge in [-0.1, -0.05) is 12.1 Å². The van der Waals surface area contributed by atoms with Gasteiger partial charge in [0, 0.05) is 12.7 Å². The predicted octanol–water partition coefficient (Wildman–Crippen LogP) is 1.07. The maximum absolute atomic E-state index is 9.88. The summed E-state index contributed by atoms with van der Waals surface area (Å²) in [5.41, 5.74) is 2.77. The molecule has 88 valence electrons. The van der Waals surface area contributed by atoms with Crippen LogP contribution in [0.1, 0.15) is 11.8 Å². The molecular weight excluding hydrogens is 216 g/mol. The molecule has 0 bridgehead atoms. The molecule has 17 heavy (non-hydrogen) atoms. The molecule has 5 heteroatoms.